The maximum absolute atomic E-state index is 11.6. The molecule has 4 nitrogen and oxygen atoms in total. The Morgan fingerprint density at radius 1 is 1.62 bits per heavy atom. The molecule has 0 fully saturated rings. The van der Waals surface area contributed by atoms with Crippen molar-refractivity contribution in [1.82, 2.24) is 0 Å². The van der Waals surface area contributed by atoms with Crippen molar-refractivity contribution in [3.8, 4) is 0 Å². The molecule has 0 aliphatic rings. The fourth-order valence-electron chi connectivity index (χ4n) is 0.984. The molecule has 0 aromatic carbocycles. The number of amides is 1. The van der Waals surface area contributed by atoms with Gasteiger partial charge in [-0.2, -0.15) is 0 Å². The number of carbonyl (C=O) groups excluding carboxylic acids is 2. The van der Waals surface area contributed by atoms with E-state index in [0.717, 1.165) is 0 Å². The largest absolute Gasteiger partial charge is 0.465 e. The Morgan fingerprint density at radius 2 is 2.31 bits per heavy atom. The molecule has 1 N–H and O–H groups in total. The SMILES string of the molecule is COC(=O)c1sccc1NC(=O)C(C)CCl. The van der Waals surface area contributed by atoms with Gasteiger partial charge < -0.3 is 10.1 Å². The minimum Gasteiger partial charge on any atom is -0.465 e. The first-order valence-corrected chi connectivity index (χ1v) is 6.04. The van der Waals surface area contributed by atoms with Crippen molar-refractivity contribution in [1.29, 1.82) is 0 Å². The molecule has 88 valence electrons. The number of esters is 1. The molecule has 0 aliphatic carbocycles. The second-order valence-corrected chi connectivity index (χ2v) is 4.42. The Hall–Kier alpha value is -1.07. The smallest absolute Gasteiger partial charge is 0.350 e. The lowest BCUT2D eigenvalue weighted by Crippen LogP contribution is -2.22. The number of carbonyl (C=O) groups is 2. The number of methoxy groups -OCH3 is 1. The molecule has 0 saturated heterocycles. The van der Waals surface area contributed by atoms with Crippen LogP contribution in [0.25, 0.3) is 0 Å². The van der Waals surface area contributed by atoms with E-state index in [2.05, 4.69) is 10.1 Å². The molecule has 1 rings (SSSR count). The molecule has 1 amide bonds. The third-order valence-electron chi connectivity index (χ3n) is 1.97. The predicted molar refractivity (Wildman–Crippen MR) is 64.2 cm³/mol. The van der Waals surface area contributed by atoms with E-state index in [4.69, 9.17) is 11.6 Å². The zero-order valence-corrected chi connectivity index (χ0v) is 10.5. The van der Waals surface area contributed by atoms with E-state index in [9.17, 15) is 9.59 Å². The summed E-state index contributed by atoms with van der Waals surface area (Å²) < 4.78 is 4.60. The van der Waals surface area contributed by atoms with Gasteiger partial charge in [0, 0.05) is 11.8 Å². The molecule has 1 heterocycles. The number of hydrogen-bond acceptors (Lipinski definition) is 4. The van der Waals surface area contributed by atoms with E-state index < -0.39 is 5.97 Å². The molecular weight excluding hydrogens is 250 g/mol. The average Bonchev–Trinajstić information content (AvgIpc) is 2.74. The number of rotatable bonds is 4. The van der Waals surface area contributed by atoms with Crippen LogP contribution < -0.4 is 5.32 Å². The van der Waals surface area contributed by atoms with E-state index in [1.54, 1.807) is 18.4 Å². The van der Waals surface area contributed by atoms with Gasteiger partial charge in [0.2, 0.25) is 5.91 Å². The van der Waals surface area contributed by atoms with Gasteiger partial charge in [-0.15, -0.1) is 22.9 Å². The quantitative estimate of drug-likeness (QED) is 0.669. The molecule has 0 saturated carbocycles. The summed E-state index contributed by atoms with van der Waals surface area (Å²) in [5, 5.41) is 4.36. The number of halogens is 1. The van der Waals surface area contributed by atoms with E-state index >= 15 is 0 Å². The van der Waals surface area contributed by atoms with E-state index in [1.165, 1.54) is 18.4 Å². The van der Waals surface area contributed by atoms with Crippen LogP contribution in [0.15, 0.2) is 11.4 Å². The molecule has 16 heavy (non-hydrogen) atoms. The highest BCUT2D eigenvalue weighted by Crippen LogP contribution is 2.23. The lowest BCUT2D eigenvalue weighted by Gasteiger charge is -2.08. The number of alkyl halides is 1. The van der Waals surface area contributed by atoms with Crippen molar-refractivity contribution in [3.05, 3.63) is 16.3 Å². The summed E-state index contributed by atoms with van der Waals surface area (Å²) in [6.45, 7) is 1.71. The fourth-order valence-corrected chi connectivity index (χ4v) is 1.89. The van der Waals surface area contributed by atoms with Crippen LogP contribution in [-0.2, 0) is 9.53 Å². The summed E-state index contributed by atoms with van der Waals surface area (Å²) in [6.07, 6.45) is 0. The van der Waals surface area contributed by atoms with Gasteiger partial charge in [0.05, 0.1) is 12.8 Å². The second-order valence-electron chi connectivity index (χ2n) is 3.20. The Labute approximate surface area is 103 Å². The highest BCUT2D eigenvalue weighted by atomic mass is 35.5. The number of nitrogens with one attached hydrogen (secondary N) is 1. The first-order chi connectivity index (χ1) is 7.60. The van der Waals surface area contributed by atoms with Gasteiger partial charge in [-0.25, -0.2) is 4.79 Å². The van der Waals surface area contributed by atoms with Crippen LogP contribution in [-0.4, -0.2) is 24.9 Å². The maximum atomic E-state index is 11.6. The van der Waals surface area contributed by atoms with Crippen LogP contribution >= 0.6 is 22.9 Å². The van der Waals surface area contributed by atoms with Crippen molar-refractivity contribution < 1.29 is 14.3 Å². The normalized spacial score (nSPS) is 11.9. The molecule has 1 unspecified atom stereocenters. The molecule has 1 aromatic heterocycles. The highest BCUT2D eigenvalue weighted by molar-refractivity contribution is 7.12. The fraction of sp³-hybridized carbons (Fsp3) is 0.400. The molecule has 6 heteroatoms. The van der Waals surface area contributed by atoms with Crippen molar-refractivity contribution in [3.63, 3.8) is 0 Å². The molecule has 0 bridgehead atoms. The summed E-state index contributed by atoms with van der Waals surface area (Å²) in [7, 11) is 1.30. The monoisotopic (exact) mass is 261 g/mol. The molecule has 1 aromatic rings. The minimum absolute atomic E-state index is 0.210. The molecule has 0 radical (unpaired) electrons. The van der Waals surface area contributed by atoms with Gasteiger partial charge in [0.1, 0.15) is 4.88 Å². The molecule has 0 spiro atoms. The van der Waals surface area contributed by atoms with E-state index in [0.29, 0.717) is 10.6 Å². The van der Waals surface area contributed by atoms with Crippen LogP contribution in [0.5, 0.6) is 0 Å². The van der Waals surface area contributed by atoms with Crippen molar-refractivity contribution in [2.45, 2.75) is 6.92 Å². The lowest BCUT2D eigenvalue weighted by molar-refractivity contribution is -0.118. The van der Waals surface area contributed by atoms with Gasteiger partial charge in [-0.1, -0.05) is 6.92 Å². The highest BCUT2D eigenvalue weighted by Gasteiger charge is 2.18. The third kappa shape index (κ3) is 2.96. The van der Waals surface area contributed by atoms with E-state index in [1.807, 2.05) is 0 Å². The van der Waals surface area contributed by atoms with Gasteiger partial charge in [-0.3, -0.25) is 4.79 Å². The number of hydrogen-bond donors (Lipinski definition) is 1. The zero-order valence-electron chi connectivity index (χ0n) is 8.95. The third-order valence-corrected chi connectivity index (χ3v) is 3.33. The molecule has 1 atom stereocenters. The molecular formula is C10H12ClNO3S. The van der Waals surface area contributed by atoms with Crippen LogP contribution in [0.4, 0.5) is 5.69 Å². The number of anilines is 1. The standard InChI is InChI=1S/C10H12ClNO3S/c1-6(5-11)9(13)12-7-3-4-16-8(7)10(14)15-2/h3-4,6H,5H2,1-2H3,(H,12,13). The van der Waals surface area contributed by atoms with Crippen molar-refractivity contribution in [2.24, 2.45) is 5.92 Å². The van der Waals surface area contributed by atoms with Gasteiger partial charge in [0.25, 0.3) is 0 Å². The Kier molecular flexibility index (Phi) is 4.76. The zero-order chi connectivity index (χ0) is 12.1. The van der Waals surface area contributed by atoms with E-state index in [-0.39, 0.29) is 17.7 Å². The predicted octanol–water partition coefficient (Wildman–Crippen LogP) is 2.35. The first kappa shape index (κ1) is 13.0. The van der Waals surface area contributed by atoms with Crippen LogP contribution in [0, 0.1) is 5.92 Å². The van der Waals surface area contributed by atoms with Crippen LogP contribution in [0.3, 0.4) is 0 Å². The van der Waals surface area contributed by atoms with Crippen molar-refractivity contribution in [2.75, 3.05) is 18.3 Å². The second kappa shape index (κ2) is 5.86. The maximum Gasteiger partial charge on any atom is 0.350 e. The van der Waals surface area contributed by atoms with Crippen LogP contribution in [0.1, 0.15) is 16.6 Å². The Bertz CT molecular complexity index is 391. The van der Waals surface area contributed by atoms with Gasteiger partial charge in [0.15, 0.2) is 0 Å². The van der Waals surface area contributed by atoms with Crippen molar-refractivity contribution >= 4 is 40.5 Å². The number of thiophene rings is 1. The Morgan fingerprint density at radius 3 is 2.88 bits per heavy atom. The van der Waals surface area contributed by atoms with Crippen LogP contribution in [0.2, 0.25) is 0 Å². The number of ether oxygens (including phenoxy) is 1. The summed E-state index contributed by atoms with van der Waals surface area (Å²) in [6, 6.07) is 1.66. The summed E-state index contributed by atoms with van der Waals surface area (Å²) in [4.78, 5) is 23.3. The average molecular weight is 262 g/mol. The topological polar surface area (TPSA) is 55.4 Å². The minimum atomic E-state index is -0.455. The summed E-state index contributed by atoms with van der Waals surface area (Å²) in [5.41, 5.74) is 0.471. The molecule has 0 aliphatic heterocycles. The Balaban J connectivity index is 2.78. The first-order valence-electron chi connectivity index (χ1n) is 4.62. The summed E-state index contributed by atoms with van der Waals surface area (Å²) in [5.74, 6) is -0.724. The van der Waals surface area contributed by atoms with Gasteiger partial charge in [-0.05, 0) is 11.4 Å². The van der Waals surface area contributed by atoms with Gasteiger partial charge >= 0.3 is 5.97 Å². The summed E-state index contributed by atoms with van der Waals surface area (Å²) >= 11 is 6.79. The lowest BCUT2D eigenvalue weighted by atomic mass is 10.2.